The molecule has 9 nitrogen and oxygen atoms in total. The number of benzene rings is 2. The fraction of sp³-hybridized carbons (Fsp3) is 0.345. The summed E-state index contributed by atoms with van der Waals surface area (Å²) in [5.74, 6) is -0.688. The van der Waals surface area contributed by atoms with Gasteiger partial charge in [-0.1, -0.05) is 55.8 Å². The number of unbranched alkanes of at least 4 members (excludes halogenated alkanes) is 1. The van der Waals surface area contributed by atoms with Gasteiger partial charge in [0.05, 0.1) is 26.1 Å². The number of aromatic nitrogens is 2. The van der Waals surface area contributed by atoms with Gasteiger partial charge in [0, 0.05) is 31.8 Å². The topological polar surface area (TPSA) is 103 Å². The van der Waals surface area contributed by atoms with Crippen molar-refractivity contribution in [2.24, 2.45) is 4.99 Å². The Bertz CT molecular complexity index is 1360. The van der Waals surface area contributed by atoms with E-state index in [0.29, 0.717) is 24.0 Å². The summed E-state index contributed by atoms with van der Waals surface area (Å²) < 4.78 is 11.5. The highest BCUT2D eigenvalue weighted by atomic mass is 16.5. The fourth-order valence-corrected chi connectivity index (χ4v) is 4.09. The Balaban J connectivity index is 2.06. The van der Waals surface area contributed by atoms with Crippen LogP contribution in [0.5, 0.6) is 0 Å². The van der Waals surface area contributed by atoms with Gasteiger partial charge in [-0.2, -0.15) is 4.98 Å². The predicted molar refractivity (Wildman–Crippen MR) is 147 cm³/mol. The van der Waals surface area contributed by atoms with Crippen molar-refractivity contribution >= 4 is 24.2 Å². The van der Waals surface area contributed by atoms with Gasteiger partial charge in [0.25, 0.3) is 5.56 Å². The van der Waals surface area contributed by atoms with Crippen LogP contribution in [0.1, 0.15) is 46.9 Å². The van der Waals surface area contributed by atoms with E-state index in [9.17, 15) is 14.4 Å². The van der Waals surface area contributed by atoms with Gasteiger partial charge >= 0.3 is 11.9 Å². The SMILES string of the molecule is CCCCc1c(Cc2ccc(-c3ccccc3C(=O)OC)cc2)c(=O)nc(N=CN(C)C)n1CC(=O)OC. The van der Waals surface area contributed by atoms with Gasteiger partial charge in [-0.25, -0.2) is 9.79 Å². The molecule has 0 spiro atoms. The first-order chi connectivity index (χ1) is 18.3. The van der Waals surface area contributed by atoms with Gasteiger partial charge in [0.2, 0.25) is 5.95 Å². The van der Waals surface area contributed by atoms with Crippen LogP contribution < -0.4 is 5.56 Å². The lowest BCUT2D eigenvalue weighted by molar-refractivity contribution is -0.141. The summed E-state index contributed by atoms with van der Waals surface area (Å²) in [5.41, 5.74) is 3.87. The summed E-state index contributed by atoms with van der Waals surface area (Å²) in [6, 6.07) is 14.9. The van der Waals surface area contributed by atoms with Crippen LogP contribution in [-0.2, 0) is 33.7 Å². The largest absolute Gasteiger partial charge is 0.468 e. The Morgan fingerprint density at radius 1 is 1.05 bits per heavy atom. The Morgan fingerprint density at radius 2 is 1.76 bits per heavy atom. The maximum atomic E-state index is 13.2. The lowest BCUT2D eigenvalue weighted by Crippen LogP contribution is -2.26. The second kappa shape index (κ2) is 13.3. The number of carbonyl (C=O) groups excluding carboxylic acids is 2. The maximum absolute atomic E-state index is 13.2. The Hall–Kier alpha value is -4.27. The normalized spacial score (nSPS) is 11.0. The Kier molecular flexibility index (Phi) is 9.92. The highest BCUT2D eigenvalue weighted by Crippen LogP contribution is 2.26. The molecule has 1 heterocycles. The first-order valence-corrected chi connectivity index (χ1v) is 12.5. The number of ether oxygens (including phenoxy) is 2. The van der Waals surface area contributed by atoms with E-state index in [1.165, 1.54) is 14.2 Å². The van der Waals surface area contributed by atoms with Gasteiger partial charge in [-0.05, 0) is 35.6 Å². The number of hydrogen-bond donors (Lipinski definition) is 0. The van der Waals surface area contributed by atoms with E-state index in [4.69, 9.17) is 9.47 Å². The third-order valence-electron chi connectivity index (χ3n) is 6.04. The molecular weight excluding hydrogens is 484 g/mol. The zero-order valence-electron chi connectivity index (χ0n) is 22.6. The molecule has 0 N–H and O–H groups in total. The van der Waals surface area contributed by atoms with E-state index in [2.05, 4.69) is 16.9 Å². The molecule has 38 heavy (non-hydrogen) atoms. The lowest BCUT2D eigenvalue weighted by atomic mass is 9.96. The van der Waals surface area contributed by atoms with Crippen LogP contribution in [0.25, 0.3) is 11.1 Å². The summed E-state index contributed by atoms with van der Waals surface area (Å²) in [4.78, 5) is 48.0. The monoisotopic (exact) mass is 518 g/mol. The van der Waals surface area contributed by atoms with Crippen molar-refractivity contribution in [2.75, 3.05) is 28.3 Å². The molecule has 0 saturated carbocycles. The maximum Gasteiger partial charge on any atom is 0.338 e. The molecule has 0 fully saturated rings. The van der Waals surface area contributed by atoms with E-state index < -0.39 is 11.9 Å². The van der Waals surface area contributed by atoms with Gasteiger partial charge in [-0.15, -0.1) is 0 Å². The summed E-state index contributed by atoms with van der Waals surface area (Å²) in [6.07, 6.45) is 4.22. The summed E-state index contributed by atoms with van der Waals surface area (Å²) in [7, 11) is 6.31. The van der Waals surface area contributed by atoms with Crippen LogP contribution >= 0.6 is 0 Å². The van der Waals surface area contributed by atoms with Crippen molar-refractivity contribution in [1.82, 2.24) is 14.5 Å². The number of rotatable bonds is 11. The molecule has 2 aromatic carbocycles. The van der Waals surface area contributed by atoms with E-state index in [1.807, 2.05) is 50.5 Å². The standard InChI is InChI=1S/C29H34N4O5/c1-6-7-12-25-24(27(35)31-29(30-19-32(2)3)33(25)18-26(34)37-4)17-20-13-15-21(16-14-20)22-10-8-9-11-23(22)28(36)38-5/h8-11,13-16,19H,6-7,12,17-18H2,1-5H3. The predicted octanol–water partition coefficient (Wildman–Crippen LogP) is 4.02. The molecule has 0 bridgehead atoms. The molecule has 1 aromatic heterocycles. The zero-order valence-corrected chi connectivity index (χ0v) is 22.6. The first kappa shape index (κ1) is 28.3. The van der Waals surface area contributed by atoms with Crippen molar-refractivity contribution in [2.45, 2.75) is 39.2 Å². The first-order valence-electron chi connectivity index (χ1n) is 12.5. The van der Waals surface area contributed by atoms with Crippen molar-refractivity contribution in [3.63, 3.8) is 0 Å². The third kappa shape index (κ3) is 6.94. The van der Waals surface area contributed by atoms with Crippen LogP contribution in [0.3, 0.4) is 0 Å². The van der Waals surface area contributed by atoms with Gasteiger partial charge < -0.3 is 18.9 Å². The van der Waals surface area contributed by atoms with Gasteiger partial charge in [0.1, 0.15) is 6.54 Å². The van der Waals surface area contributed by atoms with Crippen LogP contribution in [0.2, 0.25) is 0 Å². The molecular formula is C29H34N4O5. The number of aliphatic imine (C=N–C) groups is 1. The average Bonchev–Trinajstić information content (AvgIpc) is 2.93. The number of nitrogens with zero attached hydrogens (tertiary/aromatic N) is 4. The minimum Gasteiger partial charge on any atom is -0.468 e. The van der Waals surface area contributed by atoms with Crippen molar-refractivity contribution in [3.05, 3.63) is 81.3 Å². The summed E-state index contributed by atoms with van der Waals surface area (Å²) >= 11 is 0. The molecule has 0 aliphatic heterocycles. The minimum atomic E-state index is -0.450. The van der Waals surface area contributed by atoms with E-state index in [1.54, 1.807) is 27.9 Å². The lowest BCUT2D eigenvalue weighted by Gasteiger charge is -2.18. The smallest absolute Gasteiger partial charge is 0.338 e. The summed E-state index contributed by atoms with van der Waals surface area (Å²) in [6.45, 7) is 1.97. The summed E-state index contributed by atoms with van der Waals surface area (Å²) in [5, 5.41) is 0. The second-order valence-corrected chi connectivity index (χ2v) is 9.03. The molecule has 0 radical (unpaired) electrons. The zero-order chi connectivity index (χ0) is 27.7. The van der Waals surface area contributed by atoms with Crippen LogP contribution in [0, 0.1) is 0 Å². The molecule has 3 aromatic rings. The number of esters is 2. The molecule has 0 saturated heterocycles. The fourth-order valence-electron chi connectivity index (χ4n) is 4.09. The molecule has 9 heteroatoms. The van der Waals surface area contributed by atoms with Gasteiger partial charge in [0.15, 0.2) is 0 Å². The third-order valence-corrected chi connectivity index (χ3v) is 6.04. The van der Waals surface area contributed by atoms with Crippen LogP contribution in [-0.4, -0.2) is 61.0 Å². The molecule has 0 aliphatic carbocycles. The highest BCUT2D eigenvalue weighted by molar-refractivity contribution is 5.97. The van der Waals surface area contributed by atoms with Crippen molar-refractivity contribution in [3.8, 4) is 11.1 Å². The molecule has 0 unspecified atom stereocenters. The number of carbonyl (C=O) groups is 2. The molecule has 3 rings (SSSR count). The average molecular weight is 519 g/mol. The molecule has 200 valence electrons. The number of hydrogen-bond acceptors (Lipinski definition) is 7. The minimum absolute atomic E-state index is 0.0980. The van der Waals surface area contributed by atoms with E-state index >= 15 is 0 Å². The van der Waals surface area contributed by atoms with Crippen molar-refractivity contribution < 1.29 is 19.1 Å². The van der Waals surface area contributed by atoms with Crippen LogP contribution in [0.15, 0.2) is 58.3 Å². The molecule has 0 amide bonds. The van der Waals surface area contributed by atoms with Crippen LogP contribution in [0.4, 0.5) is 5.95 Å². The quantitative estimate of drug-likeness (QED) is 0.215. The Labute approximate surface area is 222 Å². The van der Waals surface area contributed by atoms with Crippen molar-refractivity contribution in [1.29, 1.82) is 0 Å². The van der Waals surface area contributed by atoms with E-state index in [0.717, 1.165) is 35.2 Å². The highest BCUT2D eigenvalue weighted by Gasteiger charge is 2.20. The number of methoxy groups -OCH3 is 2. The second-order valence-electron chi connectivity index (χ2n) is 9.03. The van der Waals surface area contributed by atoms with E-state index in [-0.39, 0.29) is 18.1 Å². The Morgan fingerprint density at radius 3 is 2.39 bits per heavy atom. The van der Waals surface area contributed by atoms with Gasteiger partial charge in [-0.3, -0.25) is 9.59 Å². The molecule has 0 aliphatic rings. The molecule has 0 atom stereocenters.